The number of hydrogen-bond donors (Lipinski definition) is 2. The van der Waals surface area contributed by atoms with Crippen LogP contribution >= 0.6 is 0 Å². The Labute approximate surface area is 369 Å². The first-order valence-corrected chi connectivity index (χ1v) is 21.5. The second-order valence-corrected chi connectivity index (χ2v) is 18.1. The zero-order valence-corrected chi connectivity index (χ0v) is 36.6. The van der Waals surface area contributed by atoms with Gasteiger partial charge >= 0.3 is 11.4 Å². The SMILES string of the molecule is CC1CC1c1noc(=O)[nH]1.Cc1cc(-n2nc3c(c2-n2ccn(-c4ccc5c(cnn5C)c4F)c2=O)CN(C(=O)c2cc4cc(C5CCOC(C)(C)C5)ccc4[nH]2)CC3=O)cc(C)c1F. The predicted molar refractivity (Wildman–Crippen MR) is 235 cm³/mol. The summed E-state index contributed by atoms with van der Waals surface area (Å²) in [6.07, 6.45) is 7.21. The van der Waals surface area contributed by atoms with Crippen molar-refractivity contribution < 1.29 is 27.6 Å². The lowest BCUT2D eigenvalue weighted by atomic mass is 9.83. The van der Waals surface area contributed by atoms with Gasteiger partial charge in [-0.1, -0.05) is 18.1 Å². The van der Waals surface area contributed by atoms with E-state index in [9.17, 15) is 23.6 Å². The normalized spacial score (nSPS) is 19.1. The molecular formula is C47H46F2N10O6. The molecule has 1 saturated carbocycles. The minimum atomic E-state index is -0.642. The first kappa shape index (κ1) is 41.8. The molecule has 3 aliphatic rings. The lowest BCUT2D eigenvalue weighted by Gasteiger charge is -2.35. The van der Waals surface area contributed by atoms with Gasteiger partial charge in [-0.3, -0.25) is 32.9 Å². The molecule has 1 aliphatic carbocycles. The monoisotopic (exact) mass is 884 g/mol. The van der Waals surface area contributed by atoms with Gasteiger partial charge < -0.3 is 14.6 Å². The maximum absolute atomic E-state index is 15.8. The highest BCUT2D eigenvalue weighted by Crippen LogP contribution is 2.45. The maximum Gasteiger partial charge on any atom is 0.438 e. The van der Waals surface area contributed by atoms with E-state index in [1.165, 1.54) is 48.9 Å². The largest absolute Gasteiger partial charge is 0.438 e. The summed E-state index contributed by atoms with van der Waals surface area (Å²) in [5.41, 5.74) is 3.52. The topological polar surface area (TPSA) is 184 Å². The Balaban J connectivity index is 0.000000437. The molecule has 3 aromatic carbocycles. The Hall–Kier alpha value is -7.21. The zero-order valence-electron chi connectivity index (χ0n) is 36.6. The number of nitrogens with one attached hydrogen (secondary N) is 2. The fraction of sp³-hybridized carbons (Fsp3) is 0.340. The van der Waals surface area contributed by atoms with Gasteiger partial charge in [-0.25, -0.2) is 23.1 Å². The van der Waals surface area contributed by atoms with Crippen LogP contribution in [-0.2, 0) is 18.3 Å². The molecule has 2 aliphatic heterocycles. The summed E-state index contributed by atoms with van der Waals surface area (Å²) < 4.78 is 46.4. The molecular weight excluding hydrogens is 839 g/mol. The number of aromatic amines is 2. The number of aryl methyl sites for hydroxylation is 3. The number of H-pyrrole nitrogens is 2. The molecule has 7 heterocycles. The standard InChI is InChI=1S/C41H38F2N8O4.C6H8N2O2/c1-22-14-27(15-23(2)35(22)42)51-38(50-12-11-49(40(50)54)33-9-8-32-28(36(33)43)19-44-47(32)5)29-20-48(21-34(52)37(29)46-51)39(53)31-17-26-16-24(6-7-30(26)45-31)25-10-13-55-41(3,4)18-25;1-3-2-4(3)5-7-6(9)10-8-5/h6-9,11-12,14-17,19,25,45H,10,13,18,20-21H2,1-5H3;3-4H,2H2,1H3,(H,7,8,9). The van der Waals surface area contributed by atoms with E-state index >= 15 is 4.39 Å². The molecule has 334 valence electrons. The molecule has 16 nitrogen and oxygen atoms in total. The van der Waals surface area contributed by atoms with Crippen LogP contribution in [0.25, 0.3) is 39.0 Å². The van der Waals surface area contributed by atoms with Gasteiger partial charge in [-0.2, -0.15) is 10.2 Å². The van der Waals surface area contributed by atoms with Crippen molar-refractivity contribution in [3.8, 4) is 17.2 Å². The van der Waals surface area contributed by atoms with Crippen molar-refractivity contribution in [2.24, 2.45) is 13.0 Å². The first-order chi connectivity index (χ1) is 31.0. The van der Waals surface area contributed by atoms with Crippen LogP contribution in [0.5, 0.6) is 0 Å². The molecule has 3 unspecified atom stereocenters. The second-order valence-electron chi connectivity index (χ2n) is 18.1. The van der Waals surface area contributed by atoms with Gasteiger partial charge in [0, 0.05) is 48.4 Å². The van der Waals surface area contributed by atoms with Crippen molar-refractivity contribution >= 4 is 33.5 Å². The average Bonchev–Trinajstić information content (AvgIpc) is 3.85. The van der Waals surface area contributed by atoms with Crippen molar-refractivity contribution in [2.45, 2.75) is 77.9 Å². The smallest absolute Gasteiger partial charge is 0.376 e. The molecule has 11 rings (SSSR count). The van der Waals surface area contributed by atoms with E-state index in [1.54, 1.807) is 49.8 Å². The van der Waals surface area contributed by atoms with Crippen molar-refractivity contribution in [2.75, 3.05) is 13.2 Å². The molecule has 0 bridgehead atoms. The molecule has 1 saturated heterocycles. The Morgan fingerprint density at radius 2 is 1.69 bits per heavy atom. The van der Waals surface area contributed by atoms with Crippen molar-refractivity contribution in [3.63, 3.8) is 0 Å². The number of nitrogens with zero attached hydrogens (tertiary/aromatic N) is 8. The molecule has 3 atom stereocenters. The van der Waals surface area contributed by atoms with Gasteiger partial charge in [-0.05, 0) is 118 Å². The van der Waals surface area contributed by atoms with Crippen molar-refractivity contribution in [3.05, 3.63) is 139 Å². The Morgan fingerprint density at radius 1 is 0.938 bits per heavy atom. The lowest BCUT2D eigenvalue weighted by molar-refractivity contribution is -0.0592. The van der Waals surface area contributed by atoms with Gasteiger partial charge in [0.25, 0.3) is 5.91 Å². The highest BCUT2D eigenvalue weighted by Gasteiger charge is 2.38. The highest BCUT2D eigenvalue weighted by molar-refractivity contribution is 6.05. The molecule has 65 heavy (non-hydrogen) atoms. The Morgan fingerprint density at radius 3 is 2.40 bits per heavy atom. The van der Waals surface area contributed by atoms with Gasteiger partial charge in [0.2, 0.25) is 5.78 Å². The number of carbonyl (C=O) groups is 2. The summed E-state index contributed by atoms with van der Waals surface area (Å²) in [6, 6.07) is 14.3. The molecule has 2 N–H and O–H groups in total. The maximum atomic E-state index is 15.8. The molecule has 1 amide bonds. The molecule has 0 radical (unpaired) electrons. The van der Waals surface area contributed by atoms with Crippen LogP contribution in [0.3, 0.4) is 0 Å². The van der Waals surface area contributed by atoms with Crippen molar-refractivity contribution in [1.29, 1.82) is 0 Å². The van der Waals surface area contributed by atoms with Gasteiger partial charge in [0.1, 0.15) is 23.0 Å². The minimum Gasteiger partial charge on any atom is -0.376 e. The third-order valence-corrected chi connectivity index (χ3v) is 12.9. The quantitative estimate of drug-likeness (QED) is 0.176. The number of ketones is 1. The van der Waals surface area contributed by atoms with E-state index < -0.39 is 29.0 Å². The molecule has 2 fully saturated rings. The van der Waals surface area contributed by atoms with E-state index in [1.807, 2.05) is 6.07 Å². The molecule has 0 spiro atoms. The second kappa shape index (κ2) is 15.5. The molecule has 18 heteroatoms. The van der Waals surface area contributed by atoms with Gasteiger partial charge in [-0.15, -0.1) is 0 Å². The summed E-state index contributed by atoms with van der Waals surface area (Å²) >= 11 is 0. The van der Waals surface area contributed by atoms with E-state index in [-0.39, 0.29) is 47.1 Å². The zero-order chi connectivity index (χ0) is 45.6. The number of imidazole rings is 1. The van der Waals surface area contributed by atoms with Gasteiger partial charge in [0.15, 0.2) is 11.6 Å². The van der Waals surface area contributed by atoms with E-state index in [0.29, 0.717) is 63.8 Å². The number of ether oxygens (including phenoxy) is 1. The number of hydrogen-bond acceptors (Lipinski definition) is 9. The fourth-order valence-electron chi connectivity index (χ4n) is 9.32. The number of fused-ring (bicyclic) bond motifs is 3. The van der Waals surface area contributed by atoms with Crippen LogP contribution in [0.1, 0.15) is 101 Å². The van der Waals surface area contributed by atoms with E-state index in [4.69, 9.17) is 4.74 Å². The number of benzene rings is 3. The Bertz CT molecular complexity index is 3320. The van der Waals surface area contributed by atoms with Crippen molar-refractivity contribution in [1.82, 2.24) is 48.7 Å². The van der Waals surface area contributed by atoms with Crippen LogP contribution in [0.4, 0.5) is 8.78 Å². The lowest BCUT2D eigenvalue weighted by Crippen LogP contribution is -2.40. The van der Waals surface area contributed by atoms with E-state index in [0.717, 1.165) is 30.2 Å². The Kier molecular flexibility index (Phi) is 9.96. The highest BCUT2D eigenvalue weighted by atomic mass is 19.1. The first-order valence-electron chi connectivity index (χ1n) is 21.5. The van der Waals surface area contributed by atoms with Crippen LogP contribution in [0, 0.1) is 31.4 Å². The van der Waals surface area contributed by atoms with Gasteiger partial charge in [0.05, 0.1) is 47.2 Å². The third kappa shape index (κ3) is 7.40. The number of amides is 1. The van der Waals surface area contributed by atoms with Crippen LogP contribution in [0.2, 0.25) is 0 Å². The molecule has 8 aromatic rings. The van der Waals surface area contributed by atoms with Crippen LogP contribution in [0.15, 0.2) is 81.2 Å². The number of carbonyl (C=O) groups excluding carboxylic acids is 2. The summed E-state index contributed by atoms with van der Waals surface area (Å²) in [6.45, 7) is 9.95. The number of halogens is 2. The summed E-state index contributed by atoms with van der Waals surface area (Å²) in [5, 5.41) is 13.5. The number of rotatable bonds is 6. The van der Waals surface area contributed by atoms with E-state index in [2.05, 4.69) is 62.7 Å². The average molecular weight is 885 g/mol. The summed E-state index contributed by atoms with van der Waals surface area (Å²) in [7, 11) is 1.70. The fourth-order valence-corrected chi connectivity index (χ4v) is 9.32. The van der Waals surface area contributed by atoms with Crippen LogP contribution in [-0.4, -0.2) is 79.2 Å². The summed E-state index contributed by atoms with van der Waals surface area (Å²) in [4.78, 5) is 60.0. The number of Topliss-reactive ketones (excluding diaryl/α,β-unsaturated/α-hetero) is 1. The third-order valence-electron chi connectivity index (χ3n) is 12.9. The summed E-state index contributed by atoms with van der Waals surface area (Å²) in [5.74, 6) is 0.0231. The van der Waals surface area contributed by atoms with Crippen LogP contribution < -0.4 is 11.4 Å². The number of aromatic nitrogens is 9. The predicted octanol–water partition coefficient (Wildman–Crippen LogP) is 7.07. The minimum absolute atomic E-state index is 0.00744. The molecule has 5 aromatic heterocycles.